The zero-order chi connectivity index (χ0) is 13.5. The lowest BCUT2D eigenvalue weighted by Crippen LogP contribution is -2.26. The van der Waals surface area contributed by atoms with Gasteiger partial charge in [-0.2, -0.15) is 0 Å². The van der Waals surface area contributed by atoms with E-state index in [0.29, 0.717) is 0 Å². The lowest BCUT2D eigenvalue weighted by molar-refractivity contribution is 0.101. The smallest absolute Gasteiger partial charge is 0.0716 e. The Labute approximate surface area is 116 Å². The molecular formula is C16H26N2O. The van der Waals surface area contributed by atoms with Crippen molar-refractivity contribution in [1.29, 1.82) is 0 Å². The van der Waals surface area contributed by atoms with Gasteiger partial charge >= 0.3 is 0 Å². The highest BCUT2D eigenvalue weighted by atomic mass is 16.5. The Bertz CT molecular complexity index is 381. The van der Waals surface area contributed by atoms with Crippen molar-refractivity contribution in [2.24, 2.45) is 0 Å². The Morgan fingerprint density at radius 3 is 2.95 bits per heavy atom. The molecule has 0 aliphatic carbocycles. The largest absolute Gasteiger partial charge is 0.377 e. The van der Waals surface area contributed by atoms with Gasteiger partial charge in [0.05, 0.1) is 6.61 Å². The van der Waals surface area contributed by atoms with Gasteiger partial charge in [0, 0.05) is 19.2 Å². The third-order valence-corrected chi connectivity index (χ3v) is 3.91. The number of ether oxygens (including phenoxy) is 1. The third-order valence-electron chi connectivity index (χ3n) is 3.91. The highest BCUT2D eigenvalue weighted by Crippen LogP contribution is 2.17. The van der Waals surface area contributed by atoms with Gasteiger partial charge in [-0.15, -0.1) is 0 Å². The molecule has 3 heteroatoms. The molecule has 0 saturated carbocycles. The Hall–Kier alpha value is -0.900. The molecule has 1 aliphatic heterocycles. The Kier molecular flexibility index (Phi) is 5.83. The molecule has 1 N–H and O–H groups in total. The Morgan fingerprint density at radius 2 is 2.21 bits per heavy atom. The molecular weight excluding hydrogens is 236 g/mol. The summed E-state index contributed by atoms with van der Waals surface area (Å²) >= 11 is 0. The Morgan fingerprint density at radius 1 is 1.37 bits per heavy atom. The number of nitrogens with zero attached hydrogens (tertiary/aromatic N) is 1. The van der Waals surface area contributed by atoms with Crippen LogP contribution < -0.4 is 5.32 Å². The van der Waals surface area contributed by atoms with Crippen molar-refractivity contribution < 1.29 is 4.74 Å². The molecule has 1 atom stereocenters. The van der Waals surface area contributed by atoms with Crippen molar-refractivity contribution in [2.75, 3.05) is 27.2 Å². The number of benzene rings is 1. The predicted molar refractivity (Wildman–Crippen MR) is 79.1 cm³/mol. The fourth-order valence-electron chi connectivity index (χ4n) is 2.79. The van der Waals surface area contributed by atoms with E-state index in [-0.39, 0.29) is 0 Å². The van der Waals surface area contributed by atoms with Crippen LogP contribution in [-0.2, 0) is 17.9 Å². The number of nitrogens with one attached hydrogen (secondary N) is 1. The summed E-state index contributed by atoms with van der Waals surface area (Å²) in [7, 11) is 4.19. The normalized spacial score (nSPS) is 20.0. The molecule has 0 aromatic heterocycles. The van der Waals surface area contributed by atoms with Gasteiger partial charge in [0.15, 0.2) is 0 Å². The highest BCUT2D eigenvalue weighted by molar-refractivity contribution is 5.22. The molecule has 1 saturated heterocycles. The second-order valence-corrected chi connectivity index (χ2v) is 5.47. The summed E-state index contributed by atoms with van der Waals surface area (Å²) in [4.78, 5) is 2.46. The summed E-state index contributed by atoms with van der Waals surface area (Å²) in [5.74, 6) is 0. The molecule has 1 aromatic rings. The van der Waals surface area contributed by atoms with Crippen LogP contribution in [0.15, 0.2) is 24.3 Å². The van der Waals surface area contributed by atoms with Crippen molar-refractivity contribution in [1.82, 2.24) is 10.2 Å². The molecule has 1 unspecified atom stereocenters. The Balaban J connectivity index is 1.69. The van der Waals surface area contributed by atoms with Crippen molar-refractivity contribution >= 4 is 0 Å². The minimum Gasteiger partial charge on any atom is -0.377 e. The lowest BCUT2D eigenvalue weighted by Gasteiger charge is -2.19. The van der Waals surface area contributed by atoms with Gasteiger partial charge in [-0.1, -0.05) is 24.3 Å². The van der Waals surface area contributed by atoms with Gasteiger partial charge in [0.25, 0.3) is 0 Å². The molecule has 0 radical (unpaired) electrons. The van der Waals surface area contributed by atoms with Crippen molar-refractivity contribution in [3.63, 3.8) is 0 Å². The molecule has 106 valence electrons. The quantitative estimate of drug-likeness (QED) is 0.764. The van der Waals surface area contributed by atoms with Crippen LogP contribution in [0.3, 0.4) is 0 Å². The van der Waals surface area contributed by atoms with Crippen LogP contribution in [-0.4, -0.2) is 38.2 Å². The zero-order valence-corrected chi connectivity index (χ0v) is 12.2. The monoisotopic (exact) mass is 262 g/mol. The summed E-state index contributed by atoms with van der Waals surface area (Å²) in [6.07, 6.45) is 3.83. The van der Waals surface area contributed by atoms with Crippen LogP contribution >= 0.6 is 0 Å². The summed E-state index contributed by atoms with van der Waals surface area (Å²) in [5, 5.41) is 3.17. The fraction of sp³-hybridized carbons (Fsp3) is 0.625. The third kappa shape index (κ3) is 4.60. The number of likely N-dealkylation sites (tertiary alicyclic amines) is 1. The molecule has 2 rings (SSSR count). The van der Waals surface area contributed by atoms with Crippen LogP contribution in [0.1, 0.15) is 30.4 Å². The first-order valence-corrected chi connectivity index (χ1v) is 7.30. The molecule has 0 spiro atoms. The fourth-order valence-corrected chi connectivity index (χ4v) is 2.79. The van der Waals surface area contributed by atoms with Crippen LogP contribution in [0.2, 0.25) is 0 Å². The second-order valence-electron chi connectivity index (χ2n) is 5.47. The van der Waals surface area contributed by atoms with Gasteiger partial charge in [0.2, 0.25) is 0 Å². The average molecular weight is 262 g/mol. The molecule has 3 nitrogen and oxygen atoms in total. The van der Waals surface area contributed by atoms with E-state index in [1.54, 1.807) is 0 Å². The van der Waals surface area contributed by atoms with E-state index in [4.69, 9.17) is 4.74 Å². The molecule has 1 fully saturated rings. The standard InChI is InChI=1S/C16H26N2O/c1-17-12-14-5-3-6-15(11-14)13-19-10-8-16-7-4-9-18(16)2/h3,5-6,11,16-17H,4,7-10,12-13H2,1-2H3. The molecule has 1 aliphatic rings. The maximum Gasteiger partial charge on any atom is 0.0716 e. The summed E-state index contributed by atoms with van der Waals surface area (Å²) < 4.78 is 5.82. The van der Waals surface area contributed by atoms with Gasteiger partial charge < -0.3 is 15.0 Å². The van der Waals surface area contributed by atoms with Crippen LogP contribution in [0.25, 0.3) is 0 Å². The van der Waals surface area contributed by atoms with E-state index >= 15 is 0 Å². The van der Waals surface area contributed by atoms with Crippen LogP contribution in [0.4, 0.5) is 0 Å². The van der Waals surface area contributed by atoms with Crippen molar-refractivity contribution in [3.05, 3.63) is 35.4 Å². The van der Waals surface area contributed by atoms with E-state index in [9.17, 15) is 0 Å². The molecule has 0 bridgehead atoms. The second kappa shape index (κ2) is 7.63. The maximum atomic E-state index is 5.82. The molecule has 1 aromatic carbocycles. The minimum absolute atomic E-state index is 0.730. The van der Waals surface area contributed by atoms with E-state index in [1.165, 1.54) is 30.5 Å². The summed E-state index contributed by atoms with van der Waals surface area (Å²) in [6.45, 7) is 3.76. The predicted octanol–water partition coefficient (Wildman–Crippen LogP) is 2.41. The first-order valence-electron chi connectivity index (χ1n) is 7.30. The highest BCUT2D eigenvalue weighted by Gasteiger charge is 2.19. The lowest BCUT2D eigenvalue weighted by atomic mass is 10.1. The van der Waals surface area contributed by atoms with Gasteiger partial charge in [0.1, 0.15) is 0 Å². The van der Waals surface area contributed by atoms with Crippen LogP contribution in [0.5, 0.6) is 0 Å². The number of hydrogen-bond donors (Lipinski definition) is 1. The maximum absolute atomic E-state index is 5.82. The minimum atomic E-state index is 0.730. The van der Waals surface area contributed by atoms with Crippen molar-refractivity contribution in [2.45, 2.75) is 38.5 Å². The van der Waals surface area contributed by atoms with E-state index in [0.717, 1.165) is 32.2 Å². The van der Waals surface area contributed by atoms with Crippen LogP contribution in [0, 0.1) is 0 Å². The van der Waals surface area contributed by atoms with Gasteiger partial charge in [-0.25, -0.2) is 0 Å². The van der Waals surface area contributed by atoms with E-state index < -0.39 is 0 Å². The molecule has 0 amide bonds. The first kappa shape index (κ1) is 14.5. The van der Waals surface area contributed by atoms with Gasteiger partial charge in [-0.05, 0) is 51.0 Å². The number of hydrogen-bond acceptors (Lipinski definition) is 3. The van der Waals surface area contributed by atoms with E-state index in [1.807, 2.05) is 7.05 Å². The van der Waals surface area contributed by atoms with Crippen molar-refractivity contribution in [3.8, 4) is 0 Å². The first-order chi connectivity index (χ1) is 9.29. The molecule has 19 heavy (non-hydrogen) atoms. The molecule has 1 heterocycles. The van der Waals surface area contributed by atoms with E-state index in [2.05, 4.69) is 41.5 Å². The summed E-state index contributed by atoms with van der Waals surface area (Å²) in [6, 6.07) is 9.35. The van der Waals surface area contributed by atoms with Gasteiger partial charge in [-0.3, -0.25) is 0 Å². The average Bonchev–Trinajstić information content (AvgIpc) is 2.81. The topological polar surface area (TPSA) is 24.5 Å². The summed E-state index contributed by atoms with van der Waals surface area (Å²) in [5.41, 5.74) is 2.59. The zero-order valence-electron chi connectivity index (χ0n) is 12.2. The SMILES string of the molecule is CNCc1cccc(COCCC2CCCN2C)c1. The number of rotatable bonds is 7.